The van der Waals surface area contributed by atoms with Crippen LogP contribution in [0.2, 0.25) is 0 Å². The van der Waals surface area contributed by atoms with E-state index in [-0.39, 0.29) is 16.6 Å². The van der Waals surface area contributed by atoms with Crippen LogP contribution in [0.3, 0.4) is 0 Å². The molecule has 0 spiro atoms. The van der Waals surface area contributed by atoms with E-state index < -0.39 is 28.0 Å². The summed E-state index contributed by atoms with van der Waals surface area (Å²) in [6.45, 7) is 3.26. The summed E-state index contributed by atoms with van der Waals surface area (Å²) < 4.78 is 32.3. The number of carboxylic acid groups (broad SMARTS) is 1. The normalized spacial score (nSPS) is 12.5. The summed E-state index contributed by atoms with van der Waals surface area (Å²) in [5.74, 6) is -1.79. The molecule has 9 heteroatoms. The van der Waals surface area contributed by atoms with Gasteiger partial charge in [0.05, 0.1) is 11.2 Å². The lowest BCUT2D eigenvalue weighted by Gasteiger charge is -2.18. The Bertz CT molecular complexity index is 1150. The number of anilines is 1. The first-order valence-corrected chi connectivity index (χ1v) is 11.0. The molecule has 0 aliphatic rings. The Balaban J connectivity index is 1.72. The number of aliphatic carboxylic acids is 1. The maximum Gasteiger partial charge on any atom is 0.322 e. The van der Waals surface area contributed by atoms with Crippen LogP contribution in [0.5, 0.6) is 0 Å². The molecule has 3 aromatic rings. The van der Waals surface area contributed by atoms with Crippen LogP contribution < -0.4 is 10.0 Å². The van der Waals surface area contributed by atoms with Crippen LogP contribution in [0.25, 0.3) is 11.1 Å². The second-order valence-electron chi connectivity index (χ2n) is 7.21. The molecule has 0 aliphatic heterocycles. The Morgan fingerprint density at radius 2 is 1.52 bits per heavy atom. The van der Waals surface area contributed by atoms with Gasteiger partial charge in [0.2, 0.25) is 10.0 Å². The van der Waals surface area contributed by atoms with E-state index >= 15 is 0 Å². The highest BCUT2D eigenvalue weighted by molar-refractivity contribution is 7.89. The third-order valence-electron chi connectivity index (χ3n) is 4.60. The zero-order valence-corrected chi connectivity index (χ0v) is 17.7. The number of nitrogens with one attached hydrogen (secondary N) is 2. The van der Waals surface area contributed by atoms with Gasteiger partial charge in [-0.1, -0.05) is 38.1 Å². The van der Waals surface area contributed by atoms with Gasteiger partial charge in [-0.05, 0) is 53.4 Å². The third kappa shape index (κ3) is 5.39. The summed E-state index contributed by atoms with van der Waals surface area (Å²) in [7, 11) is -3.98. The molecule has 3 N–H and O–H groups in total. The van der Waals surface area contributed by atoms with Gasteiger partial charge in [0.25, 0.3) is 5.91 Å². The Hall–Kier alpha value is -3.43. The molecule has 1 amide bonds. The van der Waals surface area contributed by atoms with Crippen molar-refractivity contribution in [2.75, 3.05) is 5.32 Å². The molecule has 0 bridgehead atoms. The summed E-state index contributed by atoms with van der Waals surface area (Å²) in [4.78, 5) is 23.3. The standard InChI is InChI=1S/C22H22N2O6S/c1-14(2)20(22(26)27)24-31(28,29)18-11-7-16(8-12-18)15-5-9-17(10-6-15)23-21(25)19-4-3-13-30-19/h3-14,20,24H,1-2H3,(H,23,25)(H,26,27). The van der Waals surface area contributed by atoms with Gasteiger partial charge < -0.3 is 14.8 Å². The van der Waals surface area contributed by atoms with Crippen molar-refractivity contribution < 1.29 is 27.5 Å². The van der Waals surface area contributed by atoms with Crippen LogP contribution in [0, 0.1) is 5.92 Å². The quantitative estimate of drug-likeness (QED) is 0.489. The minimum atomic E-state index is -3.98. The van der Waals surface area contributed by atoms with Crippen molar-refractivity contribution >= 4 is 27.6 Å². The number of rotatable bonds is 8. The highest BCUT2D eigenvalue weighted by atomic mass is 32.2. The van der Waals surface area contributed by atoms with Crippen LogP contribution in [-0.4, -0.2) is 31.4 Å². The van der Waals surface area contributed by atoms with Crippen molar-refractivity contribution in [2.45, 2.75) is 24.8 Å². The average Bonchev–Trinajstić information content (AvgIpc) is 3.27. The van der Waals surface area contributed by atoms with Crippen LogP contribution in [0.15, 0.2) is 76.2 Å². The molecule has 1 aromatic heterocycles. The van der Waals surface area contributed by atoms with Crippen molar-refractivity contribution in [2.24, 2.45) is 5.92 Å². The first-order chi connectivity index (χ1) is 14.7. The molecule has 0 aliphatic carbocycles. The van der Waals surface area contributed by atoms with Gasteiger partial charge in [0.15, 0.2) is 5.76 Å². The highest BCUT2D eigenvalue weighted by Crippen LogP contribution is 2.24. The van der Waals surface area contributed by atoms with E-state index in [9.17, 15) is 23.1 Å². The first-order valence-electron chi connectivity index (χ1n) is 9.48. The second kappa shape index (κ2) is 9.15. The van der Waals surface area contributed by atoms with Crippen molar-refractivity contribution in [1.82, 2.24) is 4.72 Å². The minimum Gasteiger partial charge on any atom is -0.480 e. The Labute approximate surface area is 180 Å². The third-order valence-corrected chi connectivity index (χ3v) is 6.06. The lowest BCUT2D eigenvalue weighted by atomic mass is 10.1. The second-order valence-corrected chi connectivity index (χ2v) is 8.93. The lowest BCUT2D eigenvalue weighted by molar-refractivity contribution is -0.140. The van der Waals surface area contributed by atoms with Crippen LogP contribution in [-0.2, 0) is 14.8 Å². The van der Waals surface area contributed by atoms with Crippen molar-refractivity contribution in [3.63, 3.8) is 0 Å². The van der Waals surface area contributed by atoms with Crippen LogP contribution >= 0.6 is 0 Å². The zero-order valence-electron chi connectivity index (χ0n) is 16.9. The van der Waals surface area contributed by atoms with Gasteiger partial charge in [-0.15, -0.1) is 0 Å². The van der Waals surface area contributed by atoms with Gasteiger partial charge in [-0.3, -0.25) is 9.59 Å². The van der Waals surface area contributed by atoms with Gasteiger partial charge in [0.1, 0.15) is 6.04 Å². The predicted molar refractivity (Wildman–Crippen MR) is 115 cm³/mol. The molecule has 0 saturated heterocycles. The number of carboxylic acids is 1. The van der Waals surface area contributed by atoms with Gasteiger partial charge in [-0.2, -0.15) is 4.72 Å². The summed E-state index contributed by atoms with van der Waals surface area (Å²) >= 11 is 0. The largest absolute Gasteiger partial charge is 0.480 e. The maximum atomic E-state index is 12.5. The zero-order chi connectivity index (χ0) is 22.6. The van der Waals surface area contributed by atoms with E-state index in [0.29, 0.717) is 5.69 Å². The van der Waals surface area contributed by atoms with E-state index in [1.165, 1.54) is 18.4 Å². The molecule has 8 nitrogen and oxygen atoms in total. The fraction of sp³-hybridized carbons (Fsp3) is 0.182. The molecule has 1 atom stereocenters. The minimum absolute atomic E-state index is 0.0227. The first kappa shape index (κ1) is 22.3. The molecule has 0 saturated carbocycles. The summed E-state index contributed by atoms with van der Waals surface area (Å²) in [5, 5.41) is 11.9. The molecule has 31 heavy (non-hydrogen) atoms. The molecule has 3 rings (SSSR count). The van der Waals surface area contributed by atoms with Gasteiger partial charge in [0, 0.05) is 5.69 Å². The monoisotopic (exact) mass is 442 g/mol. The molecular weight excluding hydrogens is 420 g/mol. The SMILES string of the molecule is CC(C)C(NS(=O)(=O)c1ccc(-c2ccc(NC(=O)c3ccco3)cc2)cc1)C(=O)O. The van der Waals surface area contributed by atoms with E-state index in [1.54, 1.807) is 62.4 Å². The highest BCUT2D eigenvalue weighted by Gasteiger charge is 2.27. The van der Waals surface area contributed by atoms with Crippen molar-refractivity contribution in [1.29, 1.82) is 0 Å². The molecule has 1 unspecified atom stereocenters. The van der Waals surface area contributed by atoms with Crippen LogP contribution in [0.4, 0.5) is 5.69 Å². The number of furan rings is 1. The van der Waals surface area contributed by atoms with Crippen molar-refractivity contribution in [3.05, 3.63) is 72.7 Å². The Morgan fingerprint density at radius 3 is 2.00 bits per heavy atom. The topological polar surface area (TPSA) is 126 Å². The fourth-order valence-electron chi connectivity index (χ4n) is 2.88. The number of amides is 1. The van der Waals surface area contributed by atoms with E-state index in [1.807, 2.05) is 0 Å². The van der Waals surface area contributed by atoms with E-state index in [0.717, 1.165) is 11.1 Å². The van der Waals surface area contributed by atoms with E-state index in [4.69, 9.17) is 4.42 Å². The summed E-state index contributed by atoms with van der Waals surface area (Å²) in [6, 6.07) is 15.1. The number of sulfonamides is 1. The fourth-order valence-corrected chi connectivity index (χ4v) is 4.22. The number of hydrogen-bond donors (Lipinski definition) is 3. The number of carbonyl (C=O) groups excluding carboxylic acids is 1. The molecule has 2 aromatic carbocycles. The molecule has 0 fully saturated rings. The summed E-state index contributed by atoms with van der Waals surface area (Å²) in [5.41, 5.74) is 2.17. The van der Waals surface area contributed by atoms with Gasteiger partial charge in [-0.25, -0.2) is 8.42 Å². The molecule has 0 radical (unpaired) electrons. The predicted octanol–water partition coefficient (Wildman–Crippen LogP) is 3.59. The average molecular weight is 442 g/mol. The Kier molecular flexibility index (Phi) is 6.57. The molecule has 1 heterocycles. The van der Waals surface area contributed by atoms with Gasteiger partial charge >= 0.3 is 5.97 Å². The number of hydrogen-bond acceptors (Lipinski definition) is 5. The molecular formula is C22H22N2O6S. The van der Waals surface area contributed by atoms with E-state index in [2.05, 4.69) is 10.0 Å². The smallest absolute Gasteiger partial charge is 0.322 e. The lowest BCUT2D eigenvalue weighted by Crippen LogP contribution is -2.44. The van der Waals surface area contributed by atoms with Crippen molar-refractivity contribution in [3.8, 4) is 11.1 Å². The maximum absolute atomic E-state index is 12.5. The summed E-state index contributed by atoms with van der Waals surface area (Å²) in [6.07, 6.45) is 1.42. The number of benzene rings is 2. The molecule has 162 valence electrons. The van der Waals surface area contributed by atoms with Crippen LogP contribution in [0.1, 0.15) is 24.4 Å². The Morgan fingerprint density at radius 1 is 0.935 bits per heavy atom. The number of carbonyl (C=O) groups is 2.